The minimum atomic E-state index is 0.314. The van der Waals surface area contributed by atoms with Crippen LogP contribution in [0.15, 0.2) is 18.3 Å². The van der Waals surface area contributed by atoms with Crippen LogP contribution < -0.4 is 5.73 Å². The largest absolute Gasteiger partial charge is 0.397 e. The minimum Gasteiger partial charge on any atom is -0.397 e. The van der Waals surface area contributed by atoms with Gasteiger partial charge in [-0.2, -0.15) is 5.10 Å². The van der Waals surface area contributed by atoms with Crippen LogP contribution in [0.25, 0.3) is 11.5 Å². The molecule has 0 aliphatic carbocycles. The number of hydrogen-bond acceptors (Lipinski definition) is 4. The zero-order valence-corrected chi connectivity index (χ0v) is 9.68. The van der Waals surface area contributed by atoms with Crippen molar-refractivity contribution in [2.45, 2.75) is 19.8 Å². The van der Waals surface area contributed by atoms with Crippen molar-refractivity contribution in [1.82, 2.24) is 19.7 Å². The normalized spacial score (nSPS) is 11.0. The van der Waals surface area contributed by atoms with Gasteiger partial charge >= 0.3 is 0 Å². The maximum Gasteiger partial charge on any atom is 0.176 e. The lowest BCUT2D eigenvalue weighted by Crippen LogP contribution is -1.97. The van der Waals surface area contributed by atoms with Crippen molar-refractivity contribution < 1.29 is 0 Å². The van der Waals surface area contributed by atoms with Crippen molar-refractivity contribution >= 4 is 5.69 Å². The third-order valence-corrected chi connectivity index (χ3v) is 2.31. The third kappa shape index (κ3) is 1.88. The van der Waals surface area contributed by atoms with E-state index in [0.717, 1.165) is 17.3 Å². The average molecular weight is 217 g/mol. The van der Waals surface area contributed by atoms with E-state index in [1.54, 1.807) is 10.9 Å². The molecule has 5 nitrogen and oxygen atoms in total. The van der Waals surface area contributed by atoms with Crippen LogP contribution in [0.2, 0.25) is 0 Å². The Kier molecular flexibility index (Phi) is 2.60. The van der Waals surface area contributed by atoms with Crippen LogP contribution in [0.3, 0.4) is 0 Å². The fraction of sp³-hybridized carbons (Fsp3) is 0.364. The quantitative estimate of drug-likeness (QED) is 0.829. The number of aromatic nitrogens is 4. The van der Waals surface area contributed by atoms with E-state index in [1.807, 2.05) is 19.2 Å². The average Bonchev–Trinajstić information content (AvgIpc) is 2.62. The van der Waals surface area contributed by atoms with E-state index >= 15 is 0 Å². The Morgan fingerprint density at radius 2 is 2.06 bits per heavy atom. The standard InChI is InChI=1S/C11H15N5/c1-7(2)10-14-11(16(3)15-10)9-5-4-8(12)6-13-9/h4-7H,12H2,1-3H3. The summed E-state index contributed by atoms with van der Waals surface area (Å²) in [5.41, 5.74) is 7.03. The number of nitrogens with zero attached hydrogens (tertiary/aromatic N) is 4. The molecule has 0 aromatic carbocycles. The second-order valence-corrected chi connectivity index (χ2v) is 4.05. The van der Waals surface area contributed by atoms with Crippen molar-refractivity contribution in [3.63, 3.8) is 0 Å². The van der Waals surface area contributed by atoms with E-state index < -0.39 is 0 Å². The number of aryl methyl sites for hydroxylation is 1. The summed E-state index contributed by atoms with van der Waals surface area (Å²) in [5, 5.41) is 4.34. The van der Waals surface area contributed by atoms with Crippen LogP contribution in [-0.4, -0.2) is 19.7 Å². The molecule has 0 atom stereocenters. The highest BCUT2D eigenvalue weighted by atomic mass is 15.3. The number of pyridine rings is 1. The molecular weight excluding hydrogens is 202 g/mol. The first-order valence-corrected chi connectivity index (χ1v) is 5.20. The highest BCUT2D eigenvalue weighted by molar-refractivity contribution is 5.52. The molecule has 2 aromatic heterocycles. The fourth-order valence-electron chi connectivity index (χ4n) is 1.41. The zero-order chi connectivity index (χ0) is 11.7. The summed E-state index contributed by atoms with van der Waals surface area (Å²) in [5.74, 6) is 1.91. The predicted octanol–water partition coefficient (Wildman–Crippen LogP) is 1.58. The van der Waals surface area contributed by atoms with Crippen molar-refractivity contribution in [2.75, 3.05) is 5.73 Å². The van der Waals surface area contributed by atoms with Crippen LogP contribution in [0.1, 0.15) is 25.6 Å². The summed E-state index contributed by atoms with van der Waals surface area (Å²) in [6.45, 7) is 4.13. The van der Waals surface area contributed by atoms with Gasteiger partial charge in [0.25, 0.3) is 0 Å². The number of nitrogens with two attached hydrogens (primary N) is 1. The predicted molar refractivity (Wildman–Crippen MR) is 62.7 cm³/mol. The summed E-state index contributed by atoms with van der Waals surface area (Å²) < 4.78 is 1.74. The minimum absolute atomic E-state index is 0.314. The Balaban J connectivity index is 2.44. The Morgan fingerprint density at radius 3 is 2.56 bits per heavy atom. The van der Waals surface area contributed by atoms with Gasteiger partial charge in [-0.05, 0) is 12.1 Å². The van der Waals surface area contributed by atoms with Crippen molar-refractivity contribution in [3.05, 3.63) is 24.2 Å². The van der Waals surface area contributed by atoms with Crippen molar-refractivity contribution in [3.8, 4) is 11.5 Å². The summed E-state index contributed by atoms with van der Waals surface area (Å²) in [7, 11) is 1.87. The lowest BCUT2D eigenvalue weighted by molar-refractivity contribution is 0.711. The van der Waals surface area contributed by atoms with Gasteiger partial charge in [0.1, 0.15) is 5.69 Å². The first-order valence-electron chi connectivity index (χ1n) is 5.20. The fourth-order valence-corrected chi connectivity index (χ4v) is 1.41. The van der Waals surface area contributed by atoms with Gasteiger partial charge in [-0.3, -0.25) is 4.98 Å². The monoisotopic (exact) mass is 217 g/mol. The molecule has 0 unspecified atom stereocenters. The number of hydrogen-bond donors (Lipinski definition) is 1. The Bertz CT molecular complexity index is 484. The molecule has 0 aliphatic rings. The molecule has 0 radical (unpaired) electrons. The first kappa shape index (κ1) is 10.6. The molecule has 0 amide bonds. The number of anilines is 1. The van der Waals surface area contributed by atoms with Crippen LogP contribution in [0.5, 0.6) is 0 Å². The van der Waals surface area contributed by atoms with Crippen LogP contribution in [-0.2, 0) is 7.05 Å². The first-order chi connectivity index (χ1) is 7.58. The molecule has 2 N–H and O–H groups in total. The van der Waals surface area contributed by atoms with E-state index in [9.17, 15) is 0 Å². The topological polar surface area (TPSA) is 69.6 Å². The van der Waals surface area contributed by atoms with Gasteiger partial charge in [0.05, 0.1) is 11.9 Å². The zero-order valence-electron chi connectivity index (χ0n) is 9.68. The maximum absolute atomic E-state index is 5.59. The van der Waals surface area contributed by atoms with Gasteiger partial charge < -0.3 is 5.73 Å². The molecule has 0 saturated carbocycles. The molecule has 2 aromatic rings. The van der Waals surface area contributed by atoms with Gasteiger partial charge in [0.15, 0.2) is 11.6 Å². The second kappa shape index (κ2) is 3.92. The summed E-state index contributed by atoms with van der Waals surface area (Å²) >= 11 is 0. The Labute approximate surface area is 94.3 Å². The highest BCUT2D eigenvalue weighted by Crippen LogP contribution is 2.18. The van der Waals surface area contributed by atoms with Crippen LogP contribution in [0.4, 0.5) is 5.69 Å². The maximum atomic E-state index is 5.59. The summed E-state index contributed by atoms with van der Waals surface area (Å²) in [6, 6.07) is 3.66. The molecule has 0 fully saturated rings. The highest BCUT2D eigenvalue weighted by Gasteiger charge is 2.12. The van der Waals surface area contributed by atoms with Gasteiger partial charge in [0.2, 0.25) is 0 Å². The second-order valence-electron chi connectivity index (χ2n) is 4.05. The third-order valence-electron chi connectivity index (χ3n) is 2.31. The summed E-state index contributed by atoms with van der Waals surface area (Å²) in [4.78, 5) is 8.69. The Morgan fingerprint density at radius 1 is 1.31 bits per heavy atom. The molecule has 5 heteroatoms. The van der Waals surface area contributed by atoms with Gasteiger partial charge in [-0.15, -0.1) is 0 Å². The van der Waals surface area contributed by atoms with E-state index in [2.05, 4.69) is 28.9 Å². The van der Waals surface area contributed by atoms with Crippen LogP contribution in [0, 0.1) is 0 Å². The van der Waals surface area contributed by atoms with Gasteiger partial charge in [-0.25, -0.2) is 9.67 Å². The molecule has 0 spiro atoms. The number of nitrogen functional groups attached to an aromatic ring is 1. The van der Waals surface area contributed by atoms with Crippen molar-refractivity contribution in [2.24, 2.45) is 7.05 Å². The van der Waals surface area contributed by atoms with E-state index in [-0.39, 0.29) is 0 Å². The van der Waals surface area contributed by atoms with Crippen molar-refractivity contribution in [1.29, 1.82) is 0 Å². The lowest BCUT2D eigenvalue weighted by Gasteiger charge is -1.98. The molecule has 16 heavy (non-hydrogen) atoms. The van der Waals surface area contributed by atoms with E-state index in [4.69, 9.17) is 5.73 Å². The molecule has 2 rings (SSSR count). The Hall–Kier alpha value is -1.91. The summed E-state index contributed by atoms with van der Waals surface area (Å²) in [6.07, 6.45) is 1.62. The lowest BCUT2D eigenvalue weighted by atomic mass is 10.2. The molecule has 0 bridgehead atoms. The SMILES string of the molecule is CC(C)c1nc(-c2ccc(N)cn2)n(C)n1. The molecule has 0 saturated heterocycles. The molecule has 2 heterocycles. The van der Waals surface area contributed by atoms with E-state index in [1.165, 1.54) is 0 Å². The van der Waals surface area contributed by atoms with Crippen LogP contribution >= 0.6 is 0 Å². The molecule has 84 valence electrons. The van der Waals surface area contributed by atoms with E-state index in [0.29, 0.717) is 11.6 Å². The number of rotatable bonds is 2. The molecular formula is C11H15N5. The molecule has 0 aliphatic heterocycles. The van der Waals surface area contributed by atoms with Gasteiger partial charge in [-0.1, -0.05) is 13.8 Å². The smallest absolute Gasteiger partial charge is 0.176 e. The van der Waals surface area contributed by atoms with Gasteiger partial charge in [0, 0.05) is 13.0 Å².